The number of thioether (sulfide) groups is 1. The number of esters is 1. The summed E-state index contributed by atoms with van der Waals surface area (Å²) in [5.74, 6) is 1.89. The molecule has 0 aromatic heterocycles. The van der Waals surface area contributed by atoms with E-state index in [4.69, 9.17) is 4.74 Å². The minimum Gasteiger partial charge on any atom is -0.467 e. The lowest BCUT2D eigenvalue weighted by molar-refractivity contribution is -0.150. The van der Waals surface area contributed by atoms with Crippen molar-refractivity contribution in [2.45, 2.75) is 31.3 Å². The van der Waals surface area contributed by atoms with Gasteiger partial charge in [-0.25, -0.2) is 4.79 Å². The Bertz CT molecular complexity index is 276. The zero-order valence-electron chi connectivity index (χ0n) is 8.77. The van der Waals surface area contributed by atoms with Crippen molar-refractivity contribution in [3.8, 4) is 0 Å². The lowest BCUT2D eigenvalue weighted by Gasteiger charge is -2.28. The van der Waals surface area contributed by atoms with Gasteiger partial charge >= 0.3 is 5.97 Å². The van der Waals surface area contributed by atoms with Crippen molar-refractivity contribution in [2.75, 3.05) is 18.6 Å². The molecule has 84 valence electrons. The SMILES string of the molecule is COC(=O)C1CCC(=O)N1C1CCSC1. The third kappa shape index (κ3) is 1.97. The number of carbonyl (C=O) groups excluding carboxylic acids is 2. The van der Waals surface area contributed by atoms with Crippen molar-refractivity contribution in [1.82, 2.24) is 4.90 Å². The van der Waals surface area contributed by atoms with Gasteiger partial charge in [-0.1, -0.05) is 0 Å². The van der Waals surface area contributed by atoms with Crippen LogP contribution in [0.3, 0.4) is 0 Å². The van der Waals surface area contributed by atoms with E-state index in [1.165, 1.54) is 7.11 Å². The number of hydrogen-bond donors (Lipinski definition) is 0. The fourth-order valence-electron chi connectivity index (χ4n) is 2.27. The van der Waals surface area contributed by atoms with Gasteiger partial charge in [-0.15, -0.1) is 0 Å². The summed E-state index contributed by atoms with van der Waals surface area (Å²) in [6.45, 7) is 0. The van der Waals surface area contributed by atoms with E-state index in [1.807, 2.05) is 11.8 Å². The minimum atomic E-state index is -0.328. The Hall–Kier alpha value is -0.710. The molecule has 2 aliphatic rings. The highest BCUT2D eigenvalue weighted by molar-refractivity contribution is 7.99. The molecule has 5 heteroatoms. The maximum Gasteiger partial charge on any atom is 0.328 e. The van der Waals surface area contributed by atoms with Gasteiger partial charge in [0.25, 0.3) is 0 Å². The van der Waals surface area contributed by atoms with Gasteiger partial charge in [-0.2, -0.15) is 11.8 Å². The number of methoxy groups -OCH3 is 1. The van der Waals surface area contributed by atoms with E-state index in [-0.39, 0.29) is 24.0 Å². The third-order valence-electron chi connectivity index (χ3n) is 3.03. The van der Waals surface area contributed by atoms with Crippen LogP contribution in [0.25, 0.3) is 0 Å². The third-order valence-corrected chi connectivity index (χ3v) is 4.17. The van der Waals surface area contributed by atoms with Crippen LogP contribution in [0, 0.1) is 0 Å². The van der Waals surface area contributed by atoms with Crippen molar-refractivity contribution in [3.63, 3.8) is 0 Å². The number of hydrogen-bond acceptors (Lipinski definition) is 4. The largest absolute Gasteiger partial charge is 0.467 e. The number of carbonyl (C=O) groups is 2. The summed E-state index contributed by atoms with van der Waals surface area (Å²) >= 11 is 1.85. The molecule has 2 atom stereocenters. The van der Waals surface area contributed by atoms with Crippen LogP contribution in [0.1, 0.15) is 19.3 Å². The van der Waals surface area contributed by atoms with Gasteiger partial charge in [0.15, 0.2) is 0 Å². The number of likely N-dealkylation sites (tertiary alicyclic amines) is 1. The Balaban J connectivity index is 2.10. The molecule has 2 fully saturated rings. The van der Waals surface area contributed by atoms with Crippen LogP contribution < -0.4 is 0 Å². The van der Waals surface area contributed by atoms with E-state index in [0.717, 1.165) is 17.9 Å². The maximum absolute atomic E-state index is 11.7. The molecule has 15 heavy (non-hydrogen) atoms. The first-order valence-corrected chi connectivity index (χ1v) is 6.36. The van der Waals surface area contributed by atoms with E-state index < -0.39 is 0 Å². The molecule has 1 amide bonds. The summed E-state index contributed by atoms with van der Waals surface area (Å²) in [6.07, 6.45) is 2.11. The van der Waals surface area contributed by atoms with E-state index in [2.05, 4.69) is 0 Å². The molecule has 0 bridgehead atoms. The monoisotopic (exact) mass is 229 g/mol. The second-order valence-corrected chi connectivity index (χ2v) is 5.05. The first kappa shape index (κ1) is 10.8. The fraction of sp³-hybridized carbons (Fsp3) is 0.800. The van der Waals surface area contributed by atoms with Crippen LogP contribution in [-0.4, -0.2) is 47.5 Å². The zero-order valence-corrected chi connectivity index (χ0v) is 9.59. The van der Waals surface area contributed by atoms with Gasteiger partial charge in [-0.3, -0.25) is 4.79 Å². The Labute approximate surface area is 93.3 Å². The molecule has 2 unspecified atom stereocenters. The molecule has 4 nitrogen and oxygen atoms in total. The van der Waals surface area contributed by atoms with Crippen molar-refractivity contribution >= 4 is 23.6 Å². The van der Waals surface area contributed by atoms with Crippen LogP contribution in [0.2, 0.25) is 0 Å². The Morgan fingerprint density at radius 3 is 2.93 bits per heavy atom. The Kier molecular flexibility index (Phi) is 3.19. The summed E-state index contributed by atoms with van der Waals surface area (Å²) in [6, 6.07) is -0.0831. The van der Waals surface area contributed by atoms with E-state index in [0.29, 0.717) is 12.8 Å². The van der Waals surface area contributed by atoms with E-state index >= 15 is 0 Å². The Morgan fingerprint density at radius 1 is 1.53 bits per heavy atom. The molecule has 0 spiro atoms. The standard InChI is InChI=1S/C10H15NO3S/c1-14-10(13)8-2-3-9(12)11(8)7-4-5-15-6-7/h7-8H,2-6H2,1H3. The molecule has 0 aliphatic carbocycles. The molecule has 0 N–H and O–H groups in total. The highest BCUT2D eigenvalue weighted by Crippen LogP contribution is 2.30. The molecule has 0 aromatic carbocycles. The molecule has 0 radical (unpaired) electrons. The highest BCUT2D eigenvalue weighted by Gasteiger charge is 2.41. The smallest absolute Gasteiger partial charge is 0.328 e. The predicted molar refractivity (Wildman–Crippen MR) is 57.6 cm³/mol. The maximum atomic E-state index is 11.7. The second kappa shape index (κ2) is 4.43. The average Bonchev–Trinajstić information content (AvgIpc) is 2.85. The molecule has 0 aromatic rings. The number of ether oxygens (including phenoxy) is 1. The quantitative estimate of drug-likeness (QED) is 0.652. The van der Waals surface area contributed by atoms with Crippen LogP contribution in [-0.2, 0) is 14.3 Å². The average molecular weight is 229 g/mol. The normalized spacial score (nSPS) is 31.0. The summed E-state index contributed by atoms with van der Waals surface area (Å²) in [7, 11) is 1.38. The van der Waals surface area contributed by atoms with Gasteiger partial charge < -0.3 is 9.64 Å². The molecular weight excluding hydrogens is 214 g/mol. The topological polar surface area (TPSA) is 46.6 Å². The zero-order chi connectivity index (χ0) is 10.8. The van der Waals surface area contributed by atoms with Crippen LogP contribution in [0.4, 0.5) is 0 Å². The van der Waals surface area contributed by atoms with Gasteiger partial charge in [0.2, 0.25) is 5.91 Å². The van der Waals surface area contributed by atoms with Crippen molar-refractivity contribution in [3.05, 3.63) is 0 Å². The van der Waals surface area contributed by atoms with Crippen LogP contribution >= 0.6 is 11.8 Å². The highest BCUT2D eigenvalue weighted by atomic mass is 32.2. The van der Waals surface area contributed by atoms with Crippen molar-refractivity contribution in [1.29, 1.82) is 0 Å². The van der Waals surface area contributed by atoms with Gasteiger partial charge in [0.05, 0.1) is 7.11 Å². The first-order chi connectivity index (χ1) is 7.24. The van der Waals surface area contributed by atoms with Crippen LogP contribution in [0.15, 0.2) is 0 Å². The van der Waals surface area contributed by atoms with Crippen molar-refractivity contribution < 1.29 is 14.3 Å². The molecular formula is C10H15NO3S. The lowest BCUT2D eigenvalue weighted by Crippen LogP contribution is -2.46. The number of rotatable bonds is 2. The summed E-state index contributed by atoms with van der Waals surface area (Å²) in [5, 5.41) is 0. The van der Waals surface area contributed by atoms with Gasteiger partial charge in [-0.05, 0) is 18.6 Å². The predicted octanol–water partition coefficient (Wildman–Crippen LogP) is 0.656. The fourth-order valence-corrected chi connectivity index (χ4v) is 3.47. The summed E-state index contributed by atoms with van der Waals surface area (Å²) in [5.41, 5.74) is 0. The summed E-state index contributed by atoms with van der Waals surface area (Å²) in [4.78, 5) is 25.0. The van der Waals surface area contributed by atoms with Gasteiger partial charge in [0, 0.05) is 18.2 Å². The lowest BCUT2D eigenvalue weighted by atomic mass is 10.1. The summed E-state index contributed by atoms with van der Waals surface area (Å²) < 4.78 is 4.73. The molecule has 2 saturated heterocycles. The number of amides is 1. The molecule has 2 heterocycles. The van der Waals surface area contributed by atoms with E-state index in [1.54, 1.807) is 4.90 Å². The Morgan fingerprint density at radius 2 is 2.33 bits per heavy atom. The minimum absolute atomic E-state index is 0.109. The molecule has 0 saturated carbocycles. The second-order valence-electron chi connectivity index (χ2n) is 3.90. The van der Waals surface area contributed by atoms with Crippen molar-refractivity contribution in [2.24, 2.45) is 0 Å². The van der Waals surface area contributed by atoms with E-state index in [9.17, 15) is 9.59 Å². The van der Waals surface area contributed by atoms with Crippen LogP contribution in [0.5, 0.6) is 0 Å². The van der Waals surface area contributed by atoms with Gasteiger partial charge in [0.1, 0.15) is 6.04 Å². The molecule has 2 rings (SSSR count). The number of nitrogens with zero attached hydrogens (tertiary/aromatic N) is 1. The molecule has 2 aliphatic heterocycles. The first-order valence-electron chi connectivity index (χ1n) is 5.20.